The summed E-state index contributed by atoms with van der Waals surface area (Å²) in [5, 5.41) is 0. The average Bonchev–Trinajstić information content (AvgIpc) is 2.21. The molecule has 0 saturated heterocycles. The normalized spacial score (nSPS) is 27.1. The fourth-order valence-corrected chi connectivity index (χ4v) is 1.60. The molecular formula is C10H20FNO. The van der Waals surface area contributed by atoms with Crippen molar-refractivity contribution < 1.29 is 9.28 Å². The third-order valence-corrected chi connectivity index (χ3v) is 2.48. The van der Waals surface area contributed by atoms with Crippen LogP contribution in [-0.4, -0.2) is 5.91 Å². The van der Waals surface area contributed by atoms with Crippen LogP contribution in [0.4, 0.5) is 4.48 Å². The average molecular weight is 189 g/mol. The number of carbonyl (C=O) groups is 1. The maximum Gasteiger partial charge on any atom is 0.250 e. The second-order valence-electron chi connectivity index (χ2n) is 3.42. The van der Waals surface area contributed by atoms with E-state index in [1.807, 2.05) is 13.8 Å². The monoisotopic (exact) mass is 189 g/mol. The molecule has 2 nitrogen and oxygen atoms in total. The Morgan fingerprint density at radius 3 is 2.08 bits per heavy atom. The highest BCUT2D eigenvalue weighted by Gasteiger charge is 2.23. The van der Waals surface area contributed by atoms with Crippen LogP contribution in [-0.2, 0) is 4.79 Å². The second-order valence-corrected chi connectivity index (χ2v) is 3.42. The molecule has 1 saturated carbocycles. The quantitative estimate of drug-likeness (QED) is 0.631. The van der Waals surface area contributed by atoms with Gasteiger partial charge in [0.15, 0.2) is 0 Å². The number of rotatable bonds is 1. The van der Waals surface area contributed by atoms with Crippen molar-refractivity contribution in [2.45, 2.75) is 46.5 Å². The Labute approximate surface area is 79.8 Å². The van der Waals surface area contributed by atoms with Crippen LogP contribution in [0.15, 0.2) is 0 Å². The Morgan fingerprint density at radius 1 is 1.23 bits per heavy atom. The van der Waals surface area contributed by atoms with Crippen LogP contribution in [0.5, 0.6) is 0 Å². The minimum atomic E-state index is -0.433. The van der Waals surface area contributed by atoms with E-state index in [1.54, 1.807) is 0 Å². The molecule has 13 heavy (non-hydrogen) atoms. The van der Waals surface area contributed by atoms with Gasteiger partial charge in [0.05, 0.1) is 0 Å². The Bertz CT molecular complexity index is 142. The highest BCUT2D eigenvalue weighted by Crippen LogP contribution is 2.28. The maximum absolute atomic E-state index is 11.7. The van der Waals surface area contributed by atoms with E-state index in [1.165, 1.54) is 5.54 Å². The predicted octanol–water partition coefficient (Wildman–Crippen LogP) is 2.84. The molecule has 1 fully saturated rings. The molecule has 3 heteroatoms. The first kappa shape index (κ1) is 12.4. The standard InChI is InChI=1S/C8H14FNO.C2H6/c1-6-2-4-7(5-3-6)8(11)10-9;1-2/h6-7H,2-5H2,1H3,(H,10,11);1-2H3. The van der Waals surface area contributed by atoms with E-state index in [9.17, 15) is 9.28 Å². The third-order valence-electron chi connectivity index (χ3n) is 2.48. The molecule has 0 aliphatic heterocycles. The van der Waals surface area contributed by atoms with Gasteiger partial charge in [0.25, 0.3) is 5.91 Å². The fourth-order valence-electron chi connectivity index (χ4n) is 1.60. The fraction of sp³-hybridized carbons (Fsp3) is 0.900. The molecule has 0 aromatic carbocycles. The second kappa shape index (κ2) is 6.87. The van der Waals surface area contributed by atoms with Gasteiger partial charge < -0.3 is 0 Å². The van der Waals surface area contributed by atoms with Gasteiger partial charge in [-0.2, -0.15) is 5.54 Å². The summed E-state index contributed by atoms with van der Waals surface area (Å²) in [6, 6.07) is 0. The summed E-state index contributed by atoms with van der Waals surface area (Å²) in [6.45, 7) is 6.17. The van der Waals surface area contributed by atoms with Crippen molar-refractivity contribution in [2.75, 3.05) is 0 Å². The van der Waals surface area contributed by atoms with Gasteiger partial charge in [-0.1, -0.05) is 20.8 Å². The lowest BCUT2D eigenvalue weighted by atomic mass is 9.83. The van der Waals surface area contributed by atoms with Gasteiger partial charge in [-0.3, -0.25) is 4.79 Å². The maximum atomic E-state index is 11.7. The van der Waals surface area contributed by atoms with E-state index < -0.39 is 5.91 Å². The molecule has 0 radical (unpaired) electrons. The van der Waals surface area contributed by atoms with Crippen LogP contribution in [0.25, 0.3) is 0 Å². The van der Waals surface area contributed by atoms with Gasteiger partial charge in [-0.05, 0) is 31.6 Å². The molecule has 0 bridgehead atoms. The van der Waals surface area contributed by atoms with E-state index in [4.69, 9.17) is 0 Å². The van der Waals surface area contributed by atoms with E-state index in [-0.39, 0.29) is 5.92 Å². The first-order valence-corrected chi connectivity index (χ1v) is 5.14. The third kappa shape index (κ3) is 4.25. The summed E-state index contributed by atoms with van der Waals surface area (Å²) in [7, 11) is 0. The van der Waals surface area contributed by atoms with Crippen molar-refractivity contribution in [2.24, 2.45) is 11.8 Å². The van der Waals surface area contributed by atoms with Gasteiger partial charge in [-0.25, -0.2) is 0 Å². The number of hydrogen-bond donors (Lipinski definition) is 1. The Morgan fingerprint density at radius 2 is 1.69 bits per heavy atom. The van der Waals surface area contributed by atoms with Crippen molar-refractivity contribution in [1.29, 1.82) is 0 Å². The molecule has 0 aromatic rings. The highest BCUT2D eigenvalue weighted by atomic mass is 19.2. The zero-order chi connectivity index (χ0) is 10.3. The summed E-state index contributed by atoms with van der Waals surface area (Å²) in [5.41, 5.74) is 1.21. The molecule has 0 heterocycles. The first-order valence-electron chi connectivity index (χ1n) is 5.14. The van der Waals surface area contributed by atoms with Gasteiger partial charge in [-0.15, -0.1) is 4.48 Å². The summed E-state index contributed by atoms with van der Waals surface area (Å²) in [6.07, 6.45) is 3.80. The summed E-state index contributed by atoms with van der Waals surface area (Å²) in [4.78, 5) is 10.8. The van der Waals surface area contributed by atoms with Crippen molar-refractivity contribution in [3.8, 4) is 0 Å². The van der Waals surface area contributed by atoms with Crippen molar-refractivity contribution in [1.82, 2.24) is 5.54 Å². The summed E-state index contributed by atoms with van der Waals surface area (Å²) < 4.78 is 11.7. The van der Waals surface area contributed by atoms with Crippen LogP contribution in [0.2, 0.25) is 0 Å². The molecule has 0 aromatic heterocycles. The lowest BCUT2D eigenvalue weighted by Crippen LogP contribution is -2.27. The number of carbonyl (C=O) groups excluding carboxylic acids is 1. The van der Waals surface area contributed by atoms with Crippen molar-refractivity contribution in [3.05, 3.63) is 0 Å². The molecule has 1 amide bonds. The Balaban J connectivity index is 0.000000671. The lowest BCUT2D eigenvalue weighted by Gasteiger charge is -2.23. The molecule has 1 rings (SSSR count). The number of nitrogens with one attached hydrogen (secondary N) is 1. The molecular weight excluding hydrogens is 169 g/mol. The first-order chi connectivity index (χ1) is 6.24. The van der Waals surface area contributed by atoms with Gasteiger partial charge in [0.1, 0.15) is 0 Å². The van der Waals surface area contributed by atoms with Gasteiger partial charge in [0, 0.05) is 5.92 Å². The van der Waals surface area contributed by atoms with Crippen LogP contribution >= 0.6 is 0 Å². The number of amides is 1. The number of hydrogen-bond acceptors (Lipinski definition) is 1. The van der Waals surface area contributed by atoms with Crippen molar-refractivity contribution >= 4 is 5.91 Å². The van der Waals surface area contributed by atoms with Gasteiger partial charge in [0.2, 0.25) is 0 Å². The molecule has 0 atom stereocenters. The minimum Gasteiger partial charge on any atom is -0.272 e. The SMILES string of the molecule is CC.CC1CCC(C(=O)NF)CC1. The molecule has 1 aliphatic rings. The zero-order valence-electron chi connectivity index (χ0n) is 8.77. The van der Waals surface area contributed by atoms with E-state index in [0.717, 1.165) is 25.7 Å². The highest BCUT2D eigenvalue weighted by molar-refractivity contribution is 5.77. The molecule has 0 spiro atoms. The van der Waals surface area contributed by atoms with E-state index in [0.29, 0.717) is 5.92 Å². The van der Waals surface area contributed by atoms with Crippen LogP contribution < -0.4 is 5.54 Å². The minimum absolute atomic E-state index is 0.0730. The van der Waals surface area contributed by atoms with Gasteiger partial charge >= 0.3 is 0 Å². The summed E-state index contributed by atoms with van der Waals surface area (Å²) in [5.74, 6) is 0.201. The van der Waals surface area contributed by atoms with E-state index in [2.05, 4.69) is 6.92 Å². The number of halogens is 1. The zero-order valence-corrected chi connectivity index (χ0v) is 8.77. The van der Waals surface area contributed by atoms with Crippen molar-refractivity contribution in [3.63, 3.8) is 0 Å². The van der Waals surface area contributed by atoms with Crippen LogP contribution in [0, 0.1) is 11.8 Å². The molecule has 0 unspecified atom stereocenters. The lowest BCUT2D eigenvalue weighted by molar-refractivity contribution is -0.130. The molecule has 1 aliphatic carbocycles. The topological polar surface area (TPSA) is 29.1 Å². The largest absolute Gasteiger partial charge is 0.272 e. The Hall–Kier alpha value is -0.600. The summed E-state index contributed by atoms with van der Waals surface area (Å²) >= 11 is 0. The van der Waals surface area contributed by atoms with E-state index >= 15 is 0 Å². The predicted molar refractivity (Wildman–Crippen MR) is 51.7 cm³/mol. The Kier molecular flexibility index (Phi) is 6.55. The van der Waals surface area contributed by atoms with Crippen LogP contribution in [0.1, 0.15) is 46.5 Å². The molecule has 78 valence electrons. The van der Waals surface area contributed by atoms with Crippen LogP contribution in [0.3, 0.4) is 0 Å². The molecule has 1 N–H and O–H groups in total. The smallest absolute Gasteiger partial charge is 0.250 e.